The van der Waals surface area contributed by atoms with Crippen LogP contribution in [0.5, 0.6) is 0 Å². The Kier molecular flexibility index (Phi) is 4.94. The summed E-state index contributed by atoms with van der Waals surface area (Å²) in [6.45, 7) is 2.22. The van der Waals surface area contributed by atoms with E-state index in [4.69, 9.17) is 4.42 Å². The van der Waals surface area contributed by atoms with Gasteiger partial charge in [0.2, 0.25) is 6.39 Å². The van der Waals surface area contributed by atoms with E-state index < -0.39 is 17.8 Å². The summed E-state index contributed by atoms with van der Waals surface area (Å²) in [7, 11) is 0. The lowest BCUT2D eigenvalue weighted by molar-refractivity contribution is -0.137. The Hall–Kier alpha value is -2.88. The first-order valence-electron chi connectivity index (χ1n) is 7.51. The molecule has 2 aromatic heterocycles. The minimum Gasteiger partial charge on any atom is -0.423 e. The molecule has 0 aliphatic carbocycles. The quantitative estimate of drug-likeness (QED) is 0.690. The van der Waals surface area contributed by atoms with Crippen molar-refractivity contribution >= 4 is 23.1 Å². The third-order valence-corrected chi connectivity index (χ3v) is 4.54. The first-order valence-corrected chi connectivity index (χ1v) is 8.33. The maximum absolute atomic E-state index is 12.7. The Morgan fingerprint density at radius 2 is 2.00 bits per heavy atom. The maximum atomic E-state index is 12.7. The molecule has 1 aromatic carbocycles. The number of halogens is 3. The van der Waals surface area contributed by atoms with Crippen LogP contribution >= 0.6 is 11.3 Å². The fraction of sp³-hybridized carbons (Fsp3) is 0.188. The predicted octanol–water partition coefficient (Wildman–Crippen LogP) is 4.63. The van der Waals surface area contributed by atoms with Crippen molar-refractivity contribution in [1.29, 1.82) is 0 Å². The second kappa shape index (κ2) is 7.16. The molecule has 0 atom stereocenters. The molecular weight excluding hydrogens is 369 g/mol. The van der Waals surface area contributed by atoms with Gasteiger partial charge in [0.05, 0.1) is 11.3 Å². The van der Waals surface area contributed by atoms with Gasteiger partial charge in [-0.25, -0.2) is 4.79 Å². The normalized spacial score (nSPS) is 11.4. The zero-order chi connectivity index (χ0) is 18.7. The van der Waals surface area contributed by atoms with Crippen molar-refractivity contribution in [3.05, 3.63) is 42.3 Å². The molecule has 26 heavy (non-hydrogen) atoms. The van der Waals surface area contributed by atoms with Gasteiger partial charge in [-0.1, -0.05) is 12.1 Å². The maximum Gasteiger partial charge on any atom is 0.416 e. The minimum absolute atomic E-state index is 0.208. The van der Waals surface area contributed by atoms with Crippen LogP contribution in [-0.4, -0.2) is 22.8 Å². The Morgan fingerprint density at radius 3 is 2.58 bits per heavy atom. The van der Waals surface area contributed by atoms with Gasteiger partial charge < -0.3 is 15.1 Å². The van der Waals surface area contributed by atoms with Gasteiger partial charge in [-0.2, -0.15) is 13.2 Å². The molecule has 0 fully saturated rings. The van der Waals surface area contributed by atoms with Gasteiger partial charge in [0, 0.05) is 11.4 Å². The zero-order valence-corrected chi connectivity index (χ0v) is 14.2. The Bertz CT molecular complexity index is 889. The molecule has 6 nitrogen and oxygen atoms in total. The number of nitrogens with zero attached hydrogens (tertiary/aromatic N) is 2. The summed E-state index contributed by atoms with van der Waals surface area (Å²) in [5, 5.41) is 12.7. The van der Waals surface area contributed by atoms with Crippen molar-refractivity contribution in [3.63, 3.8) is 0 Å². The van der Waals surface area contributed by atoms with Crippen molar-refractivity contribution in [2.45, 2.75) is 13.1 Å². The summed E-state index contributed by atoms with van der Waals surface area (Å²) in [6.07, 6.45) is -3.24. The standard InChI is InChI=1S/C16H13F3N4O2S/c1-2-20-15(24)22-11-7-12(26-13(11)14-23-21-8-25-14)9-3-5-10(6-4-9)16(17,18)19/h3-8H,2H2,1H3,(H2,20,22,24). The van der Waals surface area contributed by atoms with Gasteiger partial charge in [-0.05, 0) is 30.7 Å². The molecule has 136 valence electrons. The molecule has 0 radical (unpaired) electrons. The number of carbonyl (C=O) groups is 1. The van der Waals surface area contributed by atoms with Crippen LogP contribution in [0.1, 0.15) is 12.5 Å². The molecule has 3 rings (SSSR count). The van der Waals surface area contributed by atoms with Gasteiger partial charge in [0.15, 0.2) is 0 Å². The lowest BCUT2D eigenvalue weighted by atomic mass is 10.1. The lowest BCUT2D eigenvalue weighted by Gasteiger charge is -2.06. The van der Waals surface area contributed by atoms with E-state index in [1.165, 1.54) is 23.5 Å². The van der Waals surface area contributed by atoms with E-state index in [1.54, 1.807) is 13.0 Å². The highest BCUT2D eigenvalue weighted by atomic mass is 32.1. The number of alkyl halides is 3. The number of hydrogen-bond donors (Lipinski definition) is 2. The molecular formula is C16H13F3N4O2S. The summed E-state index contributed by atoms with van der Waals surface area (Å²) in [5.41, 5.74) is 0.281. The van der Waals surface area contributed by atoms with E-state index in [0.29, 0.717) is 27.5 Å². The number of aromatic nitrogens is 2. The van der Waals surface area contributed by atoms with Gasteiger partial charge >= 0.3 is 12.2 Å². The average Bonchev–Trinajstić information content (AvgIpc) is 3.24. The first-order chi connectivity index (χ1) is 12.4. The van der Waals surface area contributed by atoms with Crippen LogP contribution in [-0.2, 0) is 6.18 Å². The number of carbonyl (C=O) groups excluding carboxylic acids is 1. The van der Waals surface area contributed by atoms with Gasteiger partial charge in [0.1, 0.15) is 4.88 Å². The highest BCUT2D eigenvalue weighted by Crippen LogP contribution is 2.41. The predicted molar refractivity (Wildman–Crippen MR) is 90.7 cm³/mol. The third kappa shape index (κ3) is 3.85. The van der Waals surface area contributed by atoms with Gasteiger partial charge in [-0.3, -0.25) is 0 Å². The molecule has 0 bridgehead atoms. The van der Waals surface area contributed by atoms with E-state index in [-0.39, 0.29) is 5.89 Å². The fourth-order valence-corrected chi connectivity index (χ4v) is 3.25. The van der Waals surface area contributed by atoms with Crippen molar-refractivity contribution < 1.29 is 22.4 Å². The zero-order valence-electron chi connectivity index (χ0n) is 13.4. The Labute approximate surface area is 150 Å². The Balaban J connectivity index is 1.96. The summed E-state index contributed by atoms with van der Waals surface area (Å²) in [4.78, 5) is 13.0. The SMILES string of the molecule is CCNC(=O)Nc1cc(-c2ccc(C(F)(F)F)cc2)sc1-c1nnco1. The van der Waals surface area contributed by atoms with E-state index in [0.717, 1.165) is 18.5 Å². The summed E-state index contributed by atoms with van der Waals surface area (Å²) in [5.74, 6) is 0.208. The average molecular weight is 382 g/mol. The molecule has 2 amide bonds. The van der Waals surface area contributed by atoms with E-state index in [9.17, 15) is 18.0 Å². The van der Waals surface area contributed by atoms with E-state index >= 15 is 0 Å². The molecule has 3 aromatic rings. The van der Waals surface area contributed by atoms with Crippen molar-refractivity contribution in [3.8, 4) is 21.2 Å². The third-order valence-electron chi connectivity index (χ3n) is 3.37. The molecule has 0 saturated heterocycles. The number of benzene rings is 1. The van der Waals surface area contributed by atoms with Crippen LogP contribution in [0.25, 0.3) is 21.2 Å². The van der Waals surface area contributed by atoms with E-state index in [2.05, 4.69) is 20.8 Å². The summed E-state index contributed by atoms with van der Waals surface area (Å²) < 4.78 is 43.3. The van der Waals surface area contributed by atoms with Crippen LogP contribution in [0.2, 0.25) is 0 Å². The number of nitrogens with one attached hydrogen (secondary N) is 2. The molecule has 2 N–H and O–H groups in total. The highest BCUT2D eigenvalue weighted by molar-refractivity contribution is 7.19. The number of rotatable bonds is 4. The van der Waals surface area contributed by atoms with E-state index in [1.807, 2.05) is 0 Å². The van der Waals surface area contributed by atoms with Crippen LogP contribution in [0, 0.1) is 0 Å². The number of hydrogen-bond acceptors (Lipinski definition) is 5. The molecule has 10 heteroatoms. The van der Waals surface area contributed by atoms with Crippen LogP contribution < -0.4 is 10.6 Å². The van der Waals surface area contributed by atoms with Crippen molar-refractivity contribution in [1.82, 2.24) is 15.5 Å². The molecule has 0 saturated carbocycles. The highest BCUT2D eigenvalue weighted by Gasteiger charge is 2.30. The number of anilines is 1. The molecule has 0 spiro atoms. The monoisotopic (exact) mass is 382 g/mol. The van der Waals surface area contributed by atoms with Gasteiger partial charge in [-0.15, -0.1) is 21.5 Å². The molecule has 0 aliphatic rings. The fourth-order valence-electron chi connectivity index (χ4n) is 2.21. The molecule has 0 aliphatic heterocycles. The number of amides is 2. The van der Waals surface area contributed by atoms with Gasteiger partial charge in [0.25, 0.3) is 5.89 Å². The van der Waals surface area contributed by atoms with Crippen LogP contribution in [0.15, 0.2) is 41.1 Å². The smallest absolute Gasteiger partial charge is 0.416 e. The lowest BCUT2D eigenvalue weighted by Crippen LogP contribution is -2.28. The number of urea groups is 1. The Morgan fingerprint density at radius 1 is 1.27 bits per heavy atom. The van der Waals surface area contributed by atoms with Crippen molar-refractivity contribution in [2.24, 2.45) is 0 Å². The van der Waals surface area contributed by atoms with Crippen LogP contribution in [0.4, 0.5) is 23.7 Å². The second-order valence-corrected chi connectivity index (χ2v) is 6.21. The summed E-state index contributed by atoms with van der Waals surface area (Å²) >= 11 is 1.22. The van der Waals surface area contributed by atoms with Crippen molar-refractivity contribution in [2.75, 3.05) is 11.9 Å². The summed E-state index contributed by atoms with van der Waals surface area (Å²) in [6, 6.07) is 6.02. The second-order valence-electron chi connectivity index (χ2n) is 5.16. The van der Waals surface area contributed by atoms with Crippen LogP contribution in [0.3, 0.4) is 0 Å². The molecule has 0 unspecified atom stereocenters. The minimum atomic E-state index is -4.39. The largest absolute Gasteiger partial charge is 0.423 e. The number of thiophene rings is 1. The molecule has 2 heterocycles. The topological polar surface area (TPSA) is 80.0 Å². The first kappa shape index (κ1) is 17.9.